The van der Waals surface area contributed by atoms with Gasteiger partial charge in [-0.15, -0.1) is 0 Å². The van der Waals surface area contributed by atoms with Gasteiger partial charge in [0.1, 0.15) is 6.61 Å². The number of carbonyl (C=O) groups excluding carboxylic acids is 1. The minimum absolute atomic E-state index is 0.0330. The van der Waals surface area contributed by atoms with E-state index in [0.717, 1.165) is 6.42 Å². The Labute approximate surface area is 106 Å². The van der Waals surface area contributed by atoms with Gasteiger partial charge in [0, 0.05) is 12.6 Å². The zero-order chi connectivity index (χ0) is 13.4. The molecule has 4 heteroatoms. The van der Waals surface area contributed by atoms with Crippen molar-refractivity contribution in [3.63, 3.8) is 0 Å². The molecule has 0 aliphatic carbocycles. The highest BCUT2D eigenvalue weighted by atomic mass is 16.5. The first-order valence-corrected chi connectivity index (χ1v) is 6.37. The van der Waals surface area contributed by atoms with Gasteiger partial charge in [-0.05, 0) is 40.3 Å². The number of nitrogens with zero attached hydrogens (tertiary/aromatic N) is 1. The molecule has 0 rings (SSSR count). The first-order chi connectivity index (χ1) is 7.82. The smallest absolute Gasteiger partial charge is 0.246 e. The molecule has 0 radical (unpaired) electrons. The van der Waals surface area contributed by atoms with Crippen LogP contribution in [-0.2, 0) is 9.53 Å². The van der Waals surface area contributed by atoms with Crippen molar-refractivity contribution >= 4 is 5.91 Å². The van der Waals surface area contributed by atoms with Crippen molar-refractivity contribution in [2.24, 2.45) is 5.92 Å². The molecule has 17 heavy (non-hydrogen) atoms. The molecule has 1 amide bonds. The van der Waals surface area contributed by atoms with E-state index in [1.807, 2.05) is 27.9 Å². The van der Waals surface area contributed by atoms with Gasteiger partial charge >= 0.3 is 0 Å². The third-order valence-corrected chi connectivity index (χ3v) is 2.56. The average Bonchev–Trinajstić information content (AvgIpc) is 2.20. The fourth-order valence-electron chi connectivity index (χ4n) is 1.55. The topological polar surface area (TPSA) is 41.6 Å². The minimum atomic E-state index is -0.0330. The number of ether oxygens (including phenoxy) is 1. The molecule has 0 aromatic heterocycles. The van der Waals surface area contributed by atoms with Gasteiger partial charge in [0.2, 0.25) is 5.91 Å². The summed E-state index contributed by atoms with van der Waals surface area (Å²) in [7, 11) is 4.09. The summed E-state index contributed by atoms with van der Waals surface area (Å²) in [5, 5.41) is 2.92. The molecule has 102 valence electrons. The van der Waals surface area contributed by atoms with E-state index in [4.69, 9.17) is 4.74 Å². The summed E-state index contributed by atoms with van der Waals surface area (Å²) >= 11 is 0. The predicted molar refractivity (Wildman–Crippen MR) is 71.0 cm³/mol. The summed E-state index contributed by atoms with van der Waals surface area (Å²) in [6.07, 6.45) is 1.18. The summed E-state index contributed by atoms with van der Waals surface area (Å²) < 4.78 is 5.25. The quantitative estimate of drug-likeness (QED) is 0.703. The summed E-state index contributed by atoms with van der Waals surface area (Å²) in [6.45, 7) is 9.08. The van der Waals surface area contributed by atoms with E-state index < -0.39 is 0 Å². The summed E-state index contributed by atoms with van der Waals surface area (Å²) in [4.78, 5) is 13.7. The van der Waals surface area contributed by atoms with Crippen LogP contribution in [0.15, 0.2) is 0 Å². The molecule has 0 saturated carbocycles. The molecule has 0 fully saturated rings. The van der Waals surface area contributed by atoms with Crippen LogP contribution in [0.5, 0.6) is 0 Å². The molecule has 1 N–H and O–H groups in total. The number of likely N-dealkylation sites (N-methyl/N-ethyl adjacent to an activating group) is 1. The first kappa shape index (κ1) is 16.4. The second kappa shape index (κ2) is 8.48. The fraction of sp³-hybridized carbons (Fsp3) is 0.923. The molecular weight excluding hydrogens is 216 g/mol. The van der Waals surface area contributed by atoms with Crippen molar-refractivity contribution in [1.82, 2.24) is 10.2 Å². The van der Waals surface area contributed by atoms with E-state index >= 15 is 0 Å². The van der Waals surface area contributed by atoms with Crippen molar-refractivity contribution in [2.75, 3.05) is 27.2 Å². The normalized spacial score (nSPS) is 13.5. The van der Waals surface area contributed by atoms with E-state index in [0.29, 0.717) is 18.5 Å². The average molecular weight is 244 g/mol. The van der Waals surface area contributed by atoms with E-state index in [1.54, 1.807) is 0 Å². The van der Waals surface area contributed by atoms with Crippen LogP contribution in [0, 0.1) is 5.92 Å². The molecule has 0 aliphatic heterocycles. The second-order valence-electron chi connectivity index (χ2n) is 5.41. The van der Waals surface area contributed by atoms with Gasteiger partial charge in [0.15, 0.2) is 0 Å². The van der Waals surface area contributed by atoms with Crippen LogP contribution in [0.2, 0.25) is 0 Å². The molecular formula is C13H28N2O2. The highest BCUT2D eigenvalue weighted by molar-refractivity contribution is 5.77. The Balaban J connectivity index is 3.91. The third kappa shape index (κ3) is 9.12. The van der Waals surface area contributed by atoms with E-state index in [-0.39, 0.29) is 18.6 Å². The Morgan fingerprint density at radius 1 is 1.24 bits per heavy atom. The van der Waals surface area contributed by atoms with Crippen LogP contribution in [0.4, 0.5) is 0 Å². The lowest BCUT2D eigenvalue weighted by Crippen LogP contribution is -2.42. The number of nitrogens with one attached hydrogen (secondary N) is 1. The molecule has 0 aromatic carbocycles. The molecule has 1 atom stereocenters. The Bertz CT molecular complexity index is 215. The number of carbonyl (C=O) groups is 1. The summed E-state index contributed by atoms with van der Waals surface area (Å²) in [5.74, 6) is 0.598. The minimum Gasteiger partial charge on any atom is -0.369 e. The van der Waals surface area contributed by atoms with Gasteiger partial charge in [-0.1, -0.05) is 13.8 Å². The Morgan fingerprint density at radius 3 is 2.24 bits per heavy atom. The molecule has 0 aliphatic rings. The Hall–Kier alpha value is -0.610. The Morgan fingerprint density at radius 2 is 1.82 bits per heavy atom. The van der Waals surface area contributed by atoms with Gasteiger partial charge < -0.3 is 15.0 Å². The fourth-order valence-corrected chi connectivity index (χ4v) is 1.55. The van der Waals surface area contributed by atoms with E-state index in [1.165, 1.54) is 0 Å². The van der Waals surface area contributed by atoms with Crippen molar-refractivity contribution in [3.05, 3.63) is 0 Å². The van der Waals surface area contributed by atoms with Crippen LogP contribution in [0.3, 0.4) is 0 Å². The lowest BCUT2D eigenvalue weighted by atomic mass is 10.0. The molecule has 0 saturated heterocycles. The van der Waals surface area contributed by atoms with E-state index in [9.17, 15) is 4.79 Å². The van der Waals surface area contributed by atoms with Gasteiger partial charge in [-0.2, -0.15) is 0 Å². The van der Waals surface area contributed by atoms with Crippen LogP contribution in [0.1, 0.15) is 34.1 Å². The SMILES string of the molecule is CC(C)CC(CNC(=O)COC(C)C)N(C)C. The number of rotatable bonds is 8. The lowest BCUT2D eigenvalue weighted by Gasteiger charge is -2.26. The Kier molecular flexibility index (Phi) is 8.17. The highest BCUT2D eigenvalue weighted by Crippen LogP contribution is 2.07. The number of amides is 1. The zero-order valence-electron chi connectivity index (χ0n) is 12.1. The third-order valence-electron chi connectivity index (χ3n) is 2.56. The predicted octanol–water partition coefficient (Wildman–Crippen LogP) is 1.50. The summed E-state index contributed by atoms with van der Waals surface area (Å²) in [6, 6.07) is 0.387. The van der Waals surface area contributed by atoms with Crippen LogP contribution in [0.25, 0.3) is 0 Å². The maximum absolute atomic E-state index is 11.5. The van der Waals surface area contributed by atoms with Gasteiger partial charge in [0.25, 0.3) is 0 Å². The maximum Gasteiger partial charge on any atom is 0.246 e. The number of hydrogen-bond acceptors (Lipinski definition) is 3. The second-order valence-corrected chi connectivity index (χ2v) is 5.41. The standard InChI is InChI=1S/C13H28N2O2/c1-10(2)7-12(15(5)6)8-14-13(16)9-17-11(3)4/h10-12H,7-9H2,1-6H3,(H,14,16). The van der Waals surface area contributed by atoms with Gasteiger partial charge in [-0.25, -0.2) is 0 Å². The van der Waals surface area contributed by atoms with Crippen molar-refractivity contribution in [1.29, 1.82) is 0 Å². The number of hydrogen-bond donors (Lipinski definition) is 1. The van der Waals surface area contributed by atoms with Crippen molar-refractivity contribution in [2.45, 2.75) is 46.3 Å². The van der Waals surface area contributed by atoms with Gasteiger partial charge in [-0.3, -0.25) is 4.79 Å². The van der Waals surface area contributed by atoms with Crippen LogP contribution >= 0.6 is 0 Å². The van der Waals surface area contributed by atoms with Gasteiger partial charge in [0.05, 0.1) is 6.10 Å². The molecule has 4 nitrogen and oxygen atoms in total. The molecule has 0 heterocycles. The van der Waals surface area contributed by atoms with Crippen molar-refractivity contribution < 1.29 is 9.53 Å². The first-order valence-electron chi connectivity index (χ1n) is 6.37. The lowest BCUT2D eigenvalue weighted by molar-refractivity contribution is -0.127. The maximum atomic E-state index is 11.5. The monoisotopic (exact) mass is 244 g/mol. The molecule has 1 unspecified atom stereocenters. The zero-order valence-corrected chi connectivity index (χ0v) is 12.1. The van der Waals surface area contributed by atoms with Crippen LogP contribution in [-0.4, -0.2) is 50.2 Å². The largest absolute Gasteiger partial charge is 0.369 e. The highest BCUT2D eigenvalue weighted by Gasteiger charge is 2.14. The molecule has 0 bridgehead atoms. The van der Waals surface area contributed by atoms with Crippen molar-refractivity contribution in [3.8, 4) is 0 Å². The van der Waals surface area contributed by atoms with Crippen LogP contribution < -0.4 is 5.32 Å². The summed E-state index contributed by atoms with van der Waals surface area (Å²) in [5.41, 5.74) is 0. The molecule has 0 spiro atoms. The molecule has 0 aromatic rings. The van der Waals surface area contributed by atoms with E-state index in [2.05, 4.69) is 24.1 Å².